The largest absolute Gasteiger partial charge is 0.467 e. The molecule has 1 aromatic carbocycles. The van der Waals surface area contributed by atoms with E-state index in [0.29, 0.717) is 11.3 Å². The minimum Gasteiger partial charge on any atom is -0.467 e. The summed E-state index contributed by atoms with van der Waals surface area (Å²) in [5, 5.41) is 7.32. The molecule has 1 aromatic rings. The van der Waals surface area contributed by atoms with Gasteiger partial charge in [0.1, 0.15) is 11.6 Å². The molecule has 0 atom stereocenters. The van der Waals surface area contributed by atoms with Gasteiger partial charge in [0.25, 0.3) is 0 Å². The van der Waals surface area contributed by atoms with Gasteiger partial charge >= 0.3 is 0 Å². The first-order valence-electron chi connectivity index (χ1n) is 3.91. The van der Waals surface area contributed by atoms with Gasteiger partial charge in [-0.15, -0.1) is 0 Å². The molecule has 76 valence electrons. The number of nitrogens with two attached hydrogens (primary N) is 1. The van der Waals surface area contributed by atoms with E-state index in [4.69, 9.17) is 20.6 Å². The number of nitrogens with one attached hydrogen (secondary N) is 1. The zero-order valence-corrected chi connectivity index (χ0v) is 9.30. The van der Waals surface area contributed by atoms with Gasteiger partial charge < -0.3 is 15.2 Å². The van der Waals surface area contributed by atoms with Gasteiger partial charge in [-0.3, -0.25) is 5.41 Å². The fraction of sp³-hybridized carbons (Fsp3) is 0.222. The first kappa shape index (κ1) is 11.0. The van der Waals surface area contributed by atoms with Crippen molar-refractivity contribution in [2.24, 2.45) is 5.73 Å². The van der Waals surface area contributed by atoms with E-state index in [1.54, 1.807) is 18.2 Å². The van der Waals surface area contributed by atoms with Crippen molar-refractivity contribution in [2.75, 3.05) is 13.9 Å². The van der Waals surface area contributed by atoms with Crippen LogP contribution in [0.1, 0.15) is 5.56 Å². The third kappa shape index (κ3) is 2.71. The molecule has 1 rings (SSSR count). The summed E-state index contributed by atoms with van der Waals surface area (Å²) < 4.78 is 10.9. The number of nitrogen functional groups attached to an aromatic ring is 1. The van der Waals surface area contributed by atoms with Gasteiger partial charge in [0.15, 0.2) is 6.79 Å². The van der Waals surface area contributed by atoms with Crippen molar-refractivity contribution in [1.82, 2.24) is 0 Å². The quantitative estimate of drug-likeness (QED) is 0.491. The highest BCUT2D eigenvalue weighted by atomic mass is 79.9. The summed E-state index contributed by atoms with van der Waals surface area (Å²) in [6, 6.07) is 5.27. The van der Waals surface area contributed by atoms with Crippen LogP contribution in [0.15, 0.2) is 22.7 Å². The predicted octanol–water partition coefficient (Wildman–Crippen LogP) is 1.72. The maximum atomic E-state index is 7.32. The molecule has 0 fully saturated rings. The average molecular weight is 259 g/mol. The summed E-state index contributed by atoms with van der Waals surface area (Å²) >= 11 is 3.31. The number of amidine groups is 1. The van der Waals surface area contributed by atoms with Crippen LogP contribution in [0.5, 0.6) is 5.75 Å². The van der Waals surface area contributed by atoms with Gasteiger partial charge in [-0.2, -0.15) is 0 Å². The van der Waals surface area contributed by atoms with E-state index in [1.807, 2.05) is 0 Å². The van der Waals surface area contributed by atoms with Crippen LogP contribution in [-0.4, -0.2) is 19.7 Å². The second kappa shape index (κ2) is 4.97. The van der Waals surface area contributed by atoms with Crippen molar-refractivity contribution < 1.29 is 9.47 Å². The summed E-state index contributed by atoms with van der Waals surface area (Å²) in [5.74, 6) is 0.511. The molecule has 0 unspecified atom stereocenters. The molecule has 0 spiro atoms. The molecule has 0 aromatic heterocycles. The third-order valence-electron chi connectivity index (χ3n) is 1.57. The Morgan fingerprint density at radius 1 is 1.57 bits per heavy atom. The molecule has 0 bridgehead atoms. The van der Waals surface area contributed by atoms with Crippen LogP contribution in [0.3, 0.4) is 0 Å². The zero-order chi connectivity index (χ0) is 10.6. The zero-order valence-electron chi connectivity index (χ0n) is 7.71. The number of halogens is 1. The van der Waals surface area contributed by atoms with Gasteiger partial charge in [0.05, 0.1) is 5.56 Å². The minimum absolute atomic E-state index is 0.0244. The minimum atomic E-state index is -0.0244. The molecule has 0 amide bonds. The lowest BCUT2D eigenvalue weighted by Gasteiger charge is -2.09. The Hall–Kier alpha value is -1.07. The lowest BCUT2D eigenvalue weighted by atomic mass is 10.2. The lowest BCUT2D eigenvalue weighted by molar-refractivity contribution is 0.0509. The average Bonchev–Trinajstić information content (AvgIpc) is 2.14. The topological polar surface area (TPSA) is 68.3 Å². The maximum absolute atomic E-state index is 7.32. The van der Waals surface area contributed by atoms with Gasteiger partial charge in [-0.1, -0.05) is 15.9 Å². The van der Waals surface area contributed by atoms with Crippen molar-refractivity contribution in [3.05, 3.63) is 28.2 Å². The maximum Gasteiger partial charge on any atom is 0.188 e. The Kier molecular flexibility index (Phi) is 3.91. The van der Waals surface area contributed by atoms with Crippen LogP contribution < -0.4 is 10.5 Å². The molecule has 0 heterocycles. The smallest absolute Gasteiger partial charge is 0.188 e. The molecule has 5 heteroatoms. The molecule has 0 aliphatic rings. The number of benzene rings is 1. The van der Waals surface area contributed by atoms with E-state index < -0.39 is 0 Å². The van der Waals surface area contributed by atoms with Crippen molar-refractivity contribution >= 4 is 21.8 Å². The lowest BCUT2D eigenvalue weighted by Crippen LogP contribution is -2.13. The summed E-state index contributed by atoms with van der Waals surface area (Å²) in [6.07, 6.45) is 0. The monoisotopic (exact) mass is 258 g/mol. The third-order valence-corrected chi connectivity index (χ3v) is 2.06. The number of ether oxygens (including phenoxy) is 2. The first-order chi connectivity index (χ1) is 6.65. The molecular weight excluding hydrogens is 248 g/mol. The van der Waals surface area contributed by atoms with E-state index in [2.05, 4.69) is 15.9 Å². The molecule has 0 saturated carbocycles. The van der Waals surface area contributed by atoms with Crippen LogP contribution in [0.2, 0.25) is 0 Å². The second-order valence-corrected chi connectivity index (χ2v) is 3.52. The Balaban J connectivity index is 2.97. The van der Waals surface area contributed by atoms with Crippen molar-refractivity contribution in [2.45, 2.75) is 0 Å². The number of rotatable bonds is 4. The standard InChI is InChI=1S/C9H11BrN2O2/c1-13-5-14-8-4-6(10)2-3-7(8)9(11)12/h2-4H,5H2,1H3,(H3,11,12). The number of methoxy groups -OCH3 is 1. The Bertz CT molecular complexity index is 342. The van der Waals surface area contributed by atoms with Crippen LogP contribution >= 0.6 is 15.9 Å². The molecule has 14 heavy (non-hydrogen) atoms. The molecule has 0 aliphatic heterocycles. The van der Waals surface area contributed by atoms with E-state index in [1.165, 1.54) is 7.11 Å². The predicted molar refractivity (Wildman–Crippen MR) is 57.7 cm³/mol. The second-order valence-electron chi connectivity index (χ2n) is 2.61. The van der Waals surface area contributed by atoms with Crippen LogP contribution in [-0.2, 0) is 4.74 Å². The van der Waals surface area contributed by atoms with E-state index in [-0.39, 0.29) is 12.6 Å². The highest BCUT2D eigenvalue weighted by Gasteiger charge is 2.06. The summed E-state index contributed by atoms with van der Waals surface area (Å²) in [7, 11) is 1.53. The molecule has 0 radical (unpaired) electrons. The van der Waals surface area contributed by atoms with Crippen molar-refractivity contribution in [3.8, 4) is 5.75 Å². The number of hydrogen-bond donors (Lipinski definition) is 2. The van der Waals surface area contributed by atoms with Crippen LogP contribution in [0.25, 0.3) is 0 Å². The Morgan fingerprint density at radius 3 is 2.86 bits per heavy atom. The summed E-state index contributed by atoms with van der Waals surface area (Å²) in [6.45, 7) is 0.136. The Labute approximate surface area is 90.6 Å². The van der Waals surface area contributed by atoms with E-state index >= 15 is 0 Å². The van der Waals surface area contributed by atoms with E-state index in [0.717, 1.165) is 4.47 Å². The van der Waals surface area contributed by atoms with Gasteiger partial charge in [0.2, 0.25) is 0 Å². The molecule has 0 aliphatic carbocycles. The van der Waals surface area contributed by atoms with Crippen LogP contribution in [0.4, 0.5) is 0 Å². The summed E-state index contributed by atoms with van der Waals surface area (Å²) in [4.78, 5) is 0. The van der Waals surface area contributed by atoms with Gasteiger partial charge in [-0.25, -0.2) is 0 Å². The number of hydrogen-bond acceptors (Lipinski definition) is 3. The fourth-order valence-corrected chi connectivity index (χ4v) is 1.30. The Morgan fingerprint density at radius 2 is 2.29 bits per heavy atom. The SMILES string of the molecule is COCOc1cc(Br)ccc1C(=N)N. The van der Waals surface area contributed by atoms with Crippen molar-refractivity contribution in [3.63, 3.8) is 0 Å². The van der Waals surface area contributed by atoms with Gasteiger partial charge in [-0.05, 0) is 18.2 Å². The molecular formula is C9H11BrN2O2. The first-order valence-corrected chi connectivity index (χ1v) is 4.70. The molecule has 0 saturated heterocycles. The highest BCUT2D eigenvalue weighted by Crippen LogP contribution is 2.23. The van der Waals surface area contributed by atoms with Crippen LogP contribution in [0, 0.1) is 5.41 Å². The normalized spacial score (nSPS) is 9.86. The molecule has 4 nitrogen and oxygen atoms in total. The highest BCUT2D eigenvalue weighted by molar-refractivity contribution is 9.10. The summed E-state index contributed by atoms with van der Waals surface area (Å²) in [5.41, 5.74) is 5.94. The molecule has 3 N–H and O–H groups in total. The van der Waals surface area contributed by atoms with Gasteiger partial charge in [0, 0.05) is 11.6 Å². The van der Waals surface area contributed by atoms with E-state index in [9.17, 15) is 0 Å². The van der Waals surface area contributed by atoms with Crippen molar-refractivity contribution in [1.29, 1.82) is 5.41 Å². The fourth-order valence-electron chi connectivity index (χ4n) is 0.961.